The summed E-state index contributed by atoms with van der Waals surface area (Å²) in [4.78, 5) is 0. The third-order valence-electron chi connectivity index (χ3n) is 2.52. The van der Waals surface area contributed by atoms with Crippen molar-refractivity contribution in [2.75, 3.05) is 6.61 Å². The van der Waals surface area contributed by atoms with Gasteiger partial charge in [0.2, 0.25) is 0 Å². The summed E-state index contributed by atoms with van der Waals surface area (Å²) < 4.78 is 11.0. The van der Waals surface area contributed by atoms with Crippen LogP contribution in [0, 0.1) is 0 Å². The van der Waals surface area contributed by atoms with Crippen molar-refractivity contribution in [2.24, 2.45) is 0 Å². The summed E-state index contributed by atoms with van der Waals surface area (Å²) in [6.45, 7) is 6.50. The molecular formula is C11H20O5. The molecule has 1 saturated heterocycles. The summed E-state index contributed by atoms with van der Waals surface area (Å²) in [7, 11) is 0. The normalized spacial score (nSPS) is 32.3. The van der Waals surface area contributed by atoms with E-state index >= 15 is 0 Å². The lowest BCUT2D eigenvalue weighted by atomic mass is 10.0. The maximum Gasteiger partial charge on any atom is 0.164 e. The smallest absolute Gasteiger partial charge is 0.164 e. The van der Waals surface area contributed by atoms with Gasteiger partial charge < -0.3 is 24.8 Å². The van der Waals surface area contributed by atoms with Gasteiger partial charge in [0.15, 0.2) is 5.79 Å². The van der Waals surface area contributed by atoms with Gasteiger partial charge in [0.05, 0.1) is 12.7 Å². The Balaban J connectivity index is 2.75. The Morgan fingerprint density at radius 2 is 1.75 bits per heavy atom. The van der Waals surface area contributed by atoms with E-state index in [4.69, 9.17) is 14.6 Å². The zero-order valence-electron chi connectivity index (χ0n) is 9.67. The summed E-state index contributed by atoms with van der Waals surface area (Å²) in [5, 5.41) is 28.3. The summed E-state index contributed by atoms with van der Waals surface area (Å²) in [6, 6.07) is 0. The van der Waals surface area contributed by atoms with Gasteiger partial charge in [0.25, 0.3) is 0 Å². The first-order valence-corrected chi connectivity index (χ1v) is 5.35. The summed E-state index contributed by atoms with van der Waals surface area (Å²) in [5.74, 6) is -0.867. The molecule has 4 atom stereocenters. The van der Waals surface area contributed by atoms with Crippen molar-refractivity contribution in [3.63, 3.8) is 0 Å². The van der Waals surface area contributed by atoms with Crippen molar-refractivity contribution in [2.45, 2.75) is 50.5 Å². The van der Waals surface area contributed by atoms with Crippen molar-refractivity contribution in [1.29, 1.82) is 0 Å². The van der Waals surface area contributed by atoms with Gasteiger partial charge in [-0.15, -0.1) is 6.58 Å². The Morgan fingerprint density at radius 1 is 1.25 bits per heavy atom. The standard InChI is InChI=1S/C11H20O5/c1-4-5-7(13)9-10(8(14)6-12)16-11(2,3)15-9/h4,7-10,12-14H,1,5-6H2,2-3H3/t7-,8-,9+,10-/m1/s1. The third kappa shape index (κ3) is 3.02. The van der Waals surface area contributed by atoms with Crippen molar-refractivity contribution in [1.82, 2.24) is 0 Å². The molecule has 3 N–H and O–H groups in total. The van der Waals surface area contributed by atoms with Crippen LogP contribution in [0.25, 0.3) is 0 Å². The van der Waals surface area contributed by atoms with Crippen LogP contribution in [-0.4, -0.2) is 52.1 Å². The number of aliphatic hydroxyl groups excluding tert-OH is 3. The molecule has 1 aliphatic heterocycles. The van der Waals surface area contributed by atoms with Gasteiger partial charge in [-0.2, -0.15) is 0 Å². The molecule has 0 bridgehead atoms. The molecule has 0 unspecified atom stereocenters. The largest absolute Gasteiger partial charge is 0.394 e. The fourth-order valence-electron chi connectivity index (χ4n) is 1.82. The maximum atomic E-state index is 9.83. The number of hydrogen-bond donors (Lipinski definition) is 3. The topological polar surface area (TPSA) is 79.2 Å². The van der Waals surface area contributed by atoms with E-state index < -0.39 is 36.8 Å². The van der Waals surface area contributed by atoms with E-state index in [9.17, 15) is 10.2 Å². The van der Waals surface area contributed by atoms with Crippen LogP contribution in [0.5, 0.6) is 0 Å². The highest BCUT2D eigenvalue weighted by Crippen LogP contribution is 2.32. The van der Waals surface area contributed by atoms with E-state index in [1.807, 2.05) is 0 Å². The lowest BCUT2D eigenvalue weighted by Gasteiger charge is -2.23. The minimum Gasteiger partial charge on any atom is -0.394 e. The lowest BCUT2D eigenvalue weighted by Crippen LogP contribution is -2.43. The SMILES string of the molecule is C=CC[C@@H](O)[C@@H]1OC(C)(C)O[C@@H]1[C@H](O)CO. The highest BCUT2D eigenvalue weighted by molar-refractivity contribution is 4.92. The second-order valence-corrected chi connectivity index (χ2v) is 4.41. The molecule has 1 aliphatic rings. The molecule has 0 aromatic rings. The van der Waals surface area contributed by atoms with E-state index in [2.05, 4.69) is 6.58 Å². The zero-order valence-corrected chi connectivity index (χ0v) is 9.67. The van der Waals surface area contributed by atoms with E-state index in [0.717, 1.165) is 0 Å². The van der Waals surface area contributed by atoms with Crippen LogP contribution in [0.4, 0.5) is 0 Å². The van der Waals surface area contributed by atoms with E-state index in [1.165, 1.54) is 0 Å². The molecule has 0 saturated carbocycles. The average Bonchev–Trinajstić information content (AvgIpc) is 2.54. The highest BCUT2D eigenvalue weighted by atomic mass is 16.8. The molecule has 5 nitrogen and oxygen atoms in total. The molecule has 0 amide bonds. The maximum absolute atomic E-state index is 9.83. The van der Waals surface area contributed by atoms with Crippen molar-refractivity contribution < 1.29 is 24.8 Å². The van der Waals surface area contributed by atoms with Crippen molar-refractivity contribution in [3.8, 4) is 0 Å². The van der Waals surface area contributed by atoms with Gasteiger partial charge in [-0.25, -0.2) is 0 Å². The first-order chi connectivity index (χ1) is 7.41. The van der Waals surface area contributed by atoms with Gasteiger partial charge >= 0.3 is 0 Å². The predicted molar refractivity (Wildman–Crippen MR) is 57.7 cm³/mol. The molecule has 0 radical (unpaired) electrons. The molecule has 0 aromatic heterocycles. The Morgan fingerprint density at radius 3 is 2.19 bits per heavy atom. The second-order valence-electron chi connectivity index (χ2n) is 4.41. The molecule has 1 fully saturated rings. The van der Waals surface area contributed by atoms with Crippen LogP contribution >= 0.6 is 0 Å². The fourth-order valence-corrected chi connectivity index (χ4v) is 1.82. The molecule has 1 rings (SSSR count). The van der Waals surface area contributed by atoms with Crippen LogP contribution in [0.1, 0.15) is 20.3 Å². The zero-order chi connectivity index (χ0) is 12.3. The van der Waals surface area contributed by atoms with Gasteiger partial charge in [0, 0.05) is 0 Å². The second kappa shape index (κ2) is 5.25. The minimum atomic E-state index is -1.06. The Kier molecular flexibility index (Phi) is 4.46. The van der Waals surface area contributed by atoms with E-state index in [1.54, 1.807) is 19.9 Å². The number of aliphatic hydroxyl groups is 3. The van der Waals surface area contributed by atoms with Gasteiger partial charge in [-0.3, -0.25) is 0 Å². The Labute approximate surface area is 95.3 Å². The summed E-state index contributed by atoms with van der Waals surface area (Å²) in [6.07, 6.45) is -1.33. The summed E-state index contributed by atoms with van der Waals surface area (Å²) >= 11 is 0. The first kappa shape index (κ1) is 13.6. The number of rotatable bonds is 5. The minimum absolute atomic E-state index is 0.346. The van der Waals surface area contributed by atoms with Crippen LogP contribution in [-0.2, 0) is 9.47 Å². The van der Waals surface area contributed by atoms with Crippen molar-refractivity contribution in [3.05, 3.63) is 12.7 Å². The van der Waals surface area contributed by atoms with Gasteiger partial charge in [-0.05, 0) is 20.3 Å². The molecule has 1 heterocycles. The van der Waals surface area contributed by atoms with E-state index in [0.29, 0.717) is 6.42 Å². The third-order valence-corrected chi connectivity index (χ3v) is 2.52. The predicted octanol–water partition coefficient (Wildman–Crippen LogP) is -0.203. The molecule has 94 valence electrons. The molecule has 0 spiro atoms. The molecule has 16 heavy (non-hydrogen) atoms. The quantitative estimate of drug-likeness (QED) is 0.572. The molecule has 0 aromatic carbocycles. The monoisotopic (exact) mass is 232 g/mol. The molecular weight excluding hydrogens is 212 g/mol. The number of hydrogen-bond acceptors (Lipinski definition) is 5. The molecule has 5 heteroatoms. The molecule has 0 aliphatic carbocycles. The van der Waals surface area contributed by atoms with Gasteiger partial charge in [0.1, 0.15) is 18.3 Å². The van der Waals surface area contributed by atoms with Gasteiger partial charge in [-0.1, -0.05) is 6.08 Å². The van der Waals surface area contributed by atoms with Crippen LogP contribution in [0.15, 0.2) is 12.7 Å². The van der Waals surface area contributed by atoms with Crippen LogP contribution in [0.2, 0.25) is 0 Å². The van der Waals surface area contributed by atoms with Crippen LogP contribution in [0.3, 0.4) is 0 Å². The fraction of sp³-hybridized carbons (Fsp3) is 0.818. The Bertz CT molecular complexity index is 241. The van der Waals surface area contributed by atoms with E-state index in [-0.39, 0.29) is 0 Å². The lowest BCUT2D eigenvalue weighted by molar-refractivity contribution is -0.161. The Hall–Kier alpha value is -0.460. The average molecular weight is 232 g/mol. The summed E-state index contributed by atoms with van der Waals surface area (Å²) in [5.41, 5.74) is 0. The highest BCUT2D eigenvalue weighted by Gasteiger charge is 2.47. The van der Waals surface area contributed by atoms with Crippen molar-refractivity contribution >= 4 is 0 Å². The number of ether oxygens (including phenoxy) is 2. The van der Waals surface area contributed by atoms with Crippen LogP contribution < -0.4 is 0 Å². The first-order valence-electron chi connectivity index (χ1n) is 5.35.